The molecule has 1 fully saturated rings. The van der Waals surface area contributed by atoms with Gasteiger partial charge in [-0.25, -0.2) is 0 Å². The van der Waals surface area contributed by atoms with Crippen LogP contribution in [0.4, 0.5) is 0 Å². The Morgan fingerprint density at radius 1 is 1.12 bits per heavy atom. The van der Waals surface area contributed by atoms with E-state index in [1.165, 1.54) is 50.5 Å². The van der Waals surface area contributed by atoms with E-state index in [0.717, 1.165) is 32.7 Å². The van der Waals surface area contributed by atoms with Gasteiger partial charge in [-0.2, -0.15) is 0 Å². The summed E-state index contributed by atoms with van der Waals surface area (Å²) in [5, 5.41) is 4.91. The van der Waals surface area contributed by atoms with Gasteiger partial charge in [-0.05, 0) is 80.6 Å². The van der Waals surface area contributed by atoms with Gasteiger partial charge in [0.05, 0.1) is 10.0 Å². The normalized spacial score (nSPS) is 17.1. The van der Waals surface area contributed by atoms with Crippen molar-refractivity contribution in [3.05, 3.63) is 33.8 Å². The molecule has 1 aliphatic rings. The van der Waals surface area contributed by atoms with Crippen LogP contribution in [0.1, 0.15) is 70.8 Å². The Kier molecular flexibility index (Phi) is 9.77. The molecule has 1 atom stereocenters. The smallest absolute Gasteiger partial charge is 0.0595 e. The molecule has 1 aliphatic carbocycles. The van der Waals surface area contributed by atoms with Crippen molar-refractivity contribution in [2.45, 2.75) is 70.6 Å². The van der Waals surface area contributed by atoms with Crippen molar-refractivity contribution in [2.24, 2.45) is 5.92 Å². The number of hydrogen-bond donors (Lipinski definition) is 1. The lowest BCUT2D eigenvalue weighted by Gasteiger charge is -2.44. The van der Waals surface area contributed by atoms with Crippen molar-refractivity contribution in [3.63, 3.8) is 0 Å². The molecule has 1 aromatic rings. The third-order valence-electron chi connectivity index (χ3n) is 5.68. The van der Waals surface area contributed by atoms with Crippen LogP contribution in [0.25, 0.3) is 0 Å². The molecule has 0 heterocycles. The Hall–Kier alpha value is -0.280. The molecule has 0 spiro atoms. The molecule has 148 valence electrons. The summed E-state index contributed by atoms with van der Waals surface area (Å²) in [7, 11) is 0. The zero-order valence-corrected chi connectivity index (χ0v) is 18.0. The molecule has 1 N–H and O–H groups in total. The standard InChI is InChI=1S/C22H35Cl2NO/c1-3-4-14-26-15-6-12-25-13-9-18(2)17-22(10-5-11-22)19-7-8-20(23)21(24)16-19/h7-8,16,18,25H,3-6,9-15,17H2,1-2H3/t18-/m1/s1. The second-order valence-corrected chi connectivity index (χ2v) is 8.74. The average Bonchev–Trinajstić information content (AvgIpc) is 2.59. The molecule has 0 unspecified atom stereocenters. The molecule has 0 saturated heterocycles. The molecule has 0 aliphatic heterocycles. The first-order chi connectivity index (χ1) is 12.6. The van der Waals surface area contributed by atoms with Crippen molar-refractivity contribution in [1.82, 2.24) is 5.32 Å². The van der Waals surface area contributed by atoms with E-state index in [1.807, 2.05) is 6.07 Å². The summed E-state index contributed by atoms with van der Waals surface area (Å²) >= 11 is 12.4. The summed E-state index contributed by atoms with van der Waals surface area (Å²) in [5.41, 5.74) is 1.70. The van der Waals surface area contributed by atoms with Crippen molar-refractivity contribution < 1.29 is 4.74 Å². The lowest BCUT2D eigenvalue weighted by Crippen LogP contribution is -2.36. The van der Waals surface area contributed by atoms with E-state index in [2.05, 4.69) is 31.3 Å². The molecule has 0 amide bonds. The van der Waals surface area contributed by atoms with E-state index in [1.54, 1.807) is 0 Å². The highest BCUT2D eigenvalue weighted by Gasteiger charge is 2.39. The van der Waals surface area contributed by atoms with Gasteiger partial charge in [0.2, 0.25) is 0 Å². The monoisotopic (exact) mass is 399 g/mol. The van der Waals surface area contributed by atoms with Gasteiger partial charge in [-0.1, -0.05) is 56.0 Å². The van der Waals surface area contributed by atoms with Gasteiger partial charge in [0, 0.05) is 13.2 Å². The van der Waals surface area contributed by atoms with Gasteiger partial charge in [0.25, 0.3) is 0 Å². The first-order valence-electron chi connectivity index (χ1n) is 10.3. The van der Waals surface area contributed by atoms with E-state index >= 15 is 0 Å². The minimum atomic E-state index is 0.320. The number of ether oxygens (including phenoxy) is 1. The highest BCUT2D eigenvalue weighted by Crippen LogP contribution is 2.49. The fourth-order valence-corrected chi connectivity index (χ4v) is 4.23. The zero-order chi connectivity index (χ0) is 18.8. The summed E-state index contributed by atoms with van der Waals surface area (Å²) in [6.45, 7) is 8.51. The minimum Gasteiger partial charge on any atom is -0.381 e. The maximum absolute atomic E-state index is 6.26. The van der Waals surface area contributed by atoms with Crippen LogP contribution in [0.2, 0.25) is 10.0 Å². The number of rotatable bonds is 13. The lowest BCUT2D eigenvalue weighted by atomic mass is 9.60. The summed E-state index contributed by atoms with van der Waals surface area (Å²) in [5.74, 6) is 0.707. The molecule has 4 heteroatoms. The molecule has 0 radical (unpaired) electrons. The first-order valence-corrected chi connectivity index (χ1v) is 11.1. The maximum Gasteiger partial charge on any atom is 0.0595 e. The van der Waals surface area contributed by atoms with Crippen molar-refractivity contribution >= 4 is 23.2 Å². The zero-order valence-electron chi connectivity index (χ0n) is 16.5. The molecule has 1 aromatic carbocycles. The highest BCUT2D eigenvalue weighted by atomic mass is 35.5. The van der Waals surface area contributed by atoms with Gasteiger partial charge < -0.3 is 10.1 Å². The molecule has 1 saturated carbocycles. The molecule has 0 bridgehead atoms. The largest absolute Gasteiger partial charge is 0.381 e. The SMILES string of the molecule is CCCCOCCCNCC[C@@H](C)CC1(c2ccc(Cl)c(Cl)c2)CCC1. The van der Waals surface area contributed by atoms with Crippen molar-refractivity contribution in [2.75, 3.05) is 26.3 Å². The van der Waals surface area contributed by atoms with Crippen LogP contribution in [0.15, 0.2) is 18.2 Å². The van der Waals surface area contributed by atoms with E-state index in [0.29, 0.717) is 21.4 Å². The number of nitrogens with one attached hydrogen (secondary N) is 1. The maximum atomic E-state index is 6.26. The van der Waals surface area contributed by atoms with Gasteiger partial charge in [-0.3, -0.25) is 0 Å². The minimum absolute atomic E-state index is 0.320. The van der Waals surface area contributed by atoms with Gasteiger partial charge in [0.1, 0.15) is 0 Å². The first kappa shape index (κ1) is 22.0. The average molecular weight is 400 g/mol. The second kappa shape index (κ2) is 11.5. The summed E-state index contributed by atoms with van der Waals surface area (Å²) < 4.78 is 5.60. The Bertz CT molecular complexity index is 531. The Morgan fingerprint density at radius 3 is 2.54 bits per heavy atom. The molecule has 2 rings (SSSR count). The van der Waals surface area contributed by atoms with Crippen LogP contribution in [-0.2, 0) is 10.2 Å². The van der Waals surface area contributed by atoms with Gasteiger partial charge in [0.15, 0.2) is 0 Å². The molecule has 26 heavy (non-hydrogen) atoms. The van der Waals surface area contributed by atoms with Crippen molar-refractivity contribution in [3.8, 4) is 0 Å². The highest BCUT2D eigenvalue weighted by molar-refractivity contribution is 6.42. The number of hydrogen-bond acceptors (Lipinski definition) is 2. The van der Waals surface area contributed by atoms with Crippen molar-refractivity contribution in [1.29, 1.82) is 0 Å². The Balaban J connectivity index is 1.66. The molecular formula is C22H35Cl2NO. The van der Waals surface area contributed by atoms with E-state index in [9.17, 15) is 0 Å². The van der Waals surface area contributed by atoms with Crippen LogP contribution in [-0.4, -0.2) is 26.3 Å². The third-order valence-corrected chi connectivity index (χ3v) is 6.42. The lowest BCUT2D eigenvalue weighted by molar-refractivity contribution is 0.128. The number of halogens is 2. The van der Waals surface area contributed by atoms with Crippen LogP contribution in [0.3, 0.4) is 0 Å². The predicted molar refractivity (Wildman–Crippen MR) is 114 cm³/mol. The van der Waals surface area contributed by atoms with Gasteiger partial charge >= 0.3 is 0 Å². The number of benzene rings is 1. The van der Waals surface area contributed by atoms with E-state index in [4.69, 9.17) is 27.9 Å². The second-order valence-electron chi connectivity index (χ2n) is 7.93. The van der Waals surface area contributed by atoms with Gasteiger partial charge in [-0.15, -0.1) is 0 Å². The van der Waals surface area contributed by atoms with Crippen LogP contribution < -0.4 is 5.32 Å². The Morgan fingerprint density at radius 2 is 1.88 bits per heavy atom. The molecule has 2 nitrogen and oxygen atoms in total. The predicted octanol–water partition coefficient (Wildman–Crippen LogP) is 6.63. The molecular weight excluding hydrogens is 365 g/mol. The summed E-state index contributed by atoms with van der Waals surface area (Å²) in [4.78, 5) is 0. The number of unbranched alkanes of at least 4 members (excludes halogenated alkanes) is 1. The van der Waals surface area contributed by atoms with E-state index in [-0.39, 0.29) is 0 Å². The summed E-state index contributed by atoms with van der Waals surface area (Å²) in [6.07, 6.45) is 9.82. The van der Waals surface area contributed by atoms with Crippen LogP contribution in [0, 0.1) is 5.92 Å². The fourth-order valence-electron chi connectivity index (χ4n) is 3.93. The fraction of sp³-hybridized carbons (Fsp3) is 0.727. The summed E-state index contributed by atoms with van der Waals surface area (Å²) in [6, 6.07) is 6.22. The van der Waals surface area contributed by atoms with Crippen LogP contribution >= 0.6 is 23.2 Å². The third kappa shape index (κ3) is 6.71. The topological polar surface area (TPSA) is 21.3 Å². The van der Waals surface area contributed by atoms with Crippen LogP contribution in [0.5, 0.6) is 0 Å². The molecule has 0 aromatic heterocycles. The Labute approximate surface area is 170 Å². The van der Waals surface area contributed by atoms with E-state index < -0.39 is 0 Å². The quantitative estimate of drug-likeness (QED) is 0.375.